The smallest absolute Gasteiger partial charge is 0.238 e. The van der Waals surface area contributed by atoms with E-state index in [1.165, 1.54) is 0 Å². The molecule has 130 valence electrons. The minimum atomic E-state index is -0.0632. The Hall–Kier alpha value is -2.43. The summed E-state index contributed by atoms with van der Waals surface area (Å²) in [5, 5.41) is 0.560. The maximum absolute atomic E-state index is 12.4. The molecule has 1 aliphatic heterocycles. The van der Waals surface area contributed by atoms with E-state index in [1.54, 1.807) is 11.8 Å². The van der Waals surface area contributed by atoms with Crippen LogP contribution in [-0.2, 0) is 4.79 Å². The second-order valence-corrected chi connectivity index (χ2v) is 7.40. The van der Waals surface area contributed by atoms with Gasteiger partial charge in [-0.3, -0.25) is 9.69 Å². The normalized spacial score (nSPS) is 16.7. The van der Waals surface area contributed by atoms with Gasteiger partial charge < -0.3 is 4.74 Å². The molecule has 1 aliphatic rings. The summed E-state index contributed by atoms with van der Waals surface area (Å²) in [4.78, 5) is 14.2. The first-order valence-electron chi connectivity index (χ1n) is 8.23. The molecule has 0 bridgehead atoms. The van der Waals surface area contributed by atoms with Crippen molar-refractivity contribution in [2.24, 2.45) is 0 Å². The number of nitrogens with zero attached hydrogens (tertiary/aromatic N) is 1. The Kier molecular flexibility index (Phi) is 4.87. The molecule has 0 spiro atoms. The van der Waals surface area contributed by atoms with Crippen molar-refractivity contribution in [2.75, 3.05) is 10.7 Å². The molecule has 3 aromatic carbocycles. The van der Waals surface area contributed by atoms with Crippen LogP contribution in [0.4, 0.5) is 5.69 Å². The van der Waals surface area contributed by atoms with Crippen molar-refractivity contribution in [3.63, 3.8) is 0 Å². The monoisotopic (exact) mass is 381 g/mol. The molecule has 4 rings (SSSR count). The fourth-order valence-electron chi connectivity index (χ4n) is 2.90. The highest BCUT2D eigenvalue weighted by molar-refractivity contribution is 8.00. The van der Waals surface area contributed by atoms with Crippen LogP contribution in [0.15, 0.2) is 78.9 Å². The predicted octanol–water partition coefficient (Wildman–Crippen LogP) is 5.91. The highest BCUT2D eigenvalue weighted by Crippen LogP contribution is 2.42. The minimum Gasteiger partial charge on any atom is -0.457 e. The molecule has 0 radical (unpaired) electrons. The maximum Gasteiger partial charge on any atom is 0.238 e. The number of carbonyl (C=O) groups excluding carboxylic acids is 1. The van der Waals surface area contributed by atoms with Gasteiger partial charge in [0.1, 0.15) is 16.9 Å². The second kappa shape index (κ2) is 7.44. The number of thioether (sulfide) groups is 1. The summed E-state index contributed by atoms with van der Waals surface area (Å²) in [5.41, 5.74) is 1.88. The van der Waals surface area contributed by atoms with Crippen molar-refractivity contribution in [2.45, 2.75) is 5.37 Å². The summed E-state index contributed by atoms with van der Waals surface area (Å²) >= 11 is 7.72. The Bertz CT molecular complexity index is 915. The van der Waals surface area contributed by atoms with Gasteiger partial charge in [0.2, 0.25) is 5.91 Å². The minimum absolute atomic E-state index is 0.0632. The number of carbonyl (C=O) groups is 1. The number of hydrogen-bond acceptors (Lipinski definition) is 3. The molecule has 1 atom stereocenters. The Morgan fingerprint density at radius 2 is 1.65 bits per heavy atom. The van der Waals surface area contributed by atoms with Crippen LogP contribution in [0.1, 0.15) is 10.9 Å². The van der Waals surface area contributed by atoms with Gasteiger partial charge in [0, 0.05) is 10.7 Å². The molecule has 26 heavy (non-hydrogen) atoms. The van der Waals surface area contributed by atoms with Gasteiger partial charge in [0.25, 0.3) is 0 Å². The molecule has 1 saturated heterocycles. The van der Waals surface area contributed by atoms with E-state index < -0.39 is 0 Å². The summed E-state index contributed by atoms with van der Waals surface area (Å²) in [7, 11) is 0. The number of amides is 1. The first-order valence-corrected chi connectivity index (χ1v) is 9.65. The predicted molar refractivity (Wildman–Crippen MR) is 107 cm³/mol. The molecule has 0 aromatic heterocycles. The van der Waals surface area contributed by atoms with Gasteiger partial charge >= 0.3 is 0 Å². The molecule has 3 nitrogen and oxygen atoms in total. The van der Waals surface area contributed by atoms with Gasteiger partial charge in [-0.2, -0.15) is 0 Å². The Morgan fingerprint density at radius 3 is 2.38 bits per heavy atom. The quantitative estimate of drug-likeness (QED) is 0.562. The van der Waals surface area contributed by atoms with Gasteiger partial charge in [0.05, 0.1) is 5.75 Å². The fraction of sp³-hybridized carbons (Fsp3) is 0.0952. The number of anilines is 1. The lowest BCUT2D eigenvalue weighted by atomic mass is 10.1. The van der Waals surface area contributed by atoms with Crippen molar-refractivity contribution < 1.29 is 9.53 Å². The van der Waals surface area contributed by atoms with Gasteiger partial charge in [0.15, 0.2) is 0 Å². The third-order valence-electron chi connectivity index (χ3n) is 4.10. The Labute approximate surface area is 161 Å². The number of halogens is 1. The zero-order chi connectivity index (χ0) is 17.9. The lowest BCUT2D eigenvalue weighted by Gasteiger charge is -2.24. The third-order valence-corrected chi connectivity index (χ3v) is 5.55. The summed E-state index contributed by atoms with van der Waals surface area (Å²) in [5.74, 6) is 2.11. The molecule has 0 saturated carbocycles. The number of rotatable bonds is 4. The van der Waals surface area contributed by atoms with E-state index in [-0.39, 0.29) is 11.3 Å². The lowest BCUT2D eigenvalue weighted by molar-refractivity contribution is -0.115. The van der Waals surface area contributed by atoms with Crippen LogP contribution < -0.4 is 9.64 Å². The topological polar surface area (TPSA) is 29.5 Å². The van der Waals surface area contributed by atoms with Gasteiger partial charge in [-0.25, -0.2) is 0 Å². The second-order valence-electron chi connectivity index (χ2n) is 5.89. The zero-order valence-corrected chi connectivity index (χ0v) is 15.4. The molecule has 0 unspecified atom stereocenters. The van der Waals surface area contributed by atoms with Crippen molar-refractivity contribution >= 4 is 35.0 Å². The van der Waals surface area contributed by atoms with Crippen LogP contribution in [-0.4, -0.2) is 11.7 Å². The molecule has 5 heteroatoms. The standard InChI is InChI=1S/C21H16ClNO2S/c22-16-5-4-6-17(13-16)23-20(24)14-26-21(23)15-9-11-19(12-10-15)25-18-7-2-1-3-8-18/h1-13,21H,14H2/t21-/m0/s1. The molecular formula is C21H16ClNO2S. The summed E-state index contributed by atoms with van der Waals surface area (Å²) < 4.78 is 5.84. The van der Waals surface area contributed by atoms with Crippen LogP contribution in [0, 0.1) is 0 Å². The van der Waals surface area contributed by atoms with E-state index in [0.717, 1.165) is 22.7 Å². The molecule has 0 aliphatic carbocycles. The first-order chi connectivity index (χ1) is 12.7. The van der Waals surface area contributed by atoms with Crippen molar-refractivity contribution in [3.8, 4) is 11.5 Å². The van der Waals surface area contributed by atoms with Crippen LogP contribution >= 0.6 is 23.4 Å². The molecule has 0 N–H and O–H groups in total. The Balaban J connectivity index is 1.57. The van der Waals surface area contributed by atoms with Crippen molar-refractivity contribution in [1.82, 2.24) is 0 Å². The van der Waals surface area contributed by atoms with Gasteiger partial charge in [-0.05, 0) is 48.0 Å². The summed E-state index contributed by atoms with van der Waals surface area (Å²) in [6, 6.07) is 24.9. The molecule has 1 amide bonds. The SMILES string of the molecule is O=C1CS[C@@H](c2ccc(Oc3ccccc3)cc2)N1c1cccc(Cl)c1. The van der Waals surface area contributed by atoms with E-state index in [1.807, 2.05) is 83.8 Å². The summed E-state index contributed by atoms with van der Waals surface area (Å²) in [6.45, 7) is 0. The number of ether oxygens (including phenoxy) is 1. The highest BCUT2D eigenvalue weighted by atomic mass is 35.5. The fourth-order valence-corrected chi connectivity index (χ4v) is 4.26. The number of para-hydroxylation sites is 1. The van der Waals surface area contributed by atoms with E-state index >= 15 is 0 Å². The highest BCUT2D eigenvalue weighted by Gasteiger charge is 2.34. The van der Waals surface area contributed by atoms with Crippen molar-refractivity contribution in [3.05, 3.63) is 89.4 Å². The van der Waals surface area contributed by atoms with Crippen molar-refractivity contribution in [1.29, 1.82) is 0 Å². The van der Waals surface area contributed by atoms with Crippen LogP contribution in [0.3, 0.4) is 0 Å². The van der Waals surface area contributed by atoms with E-state index in [9.17, 15) is 4.79 Å². The van der Waals surface area contributed by atoms with Crippen LogP contribution in [0.2, 0.25) is 5.02 Å². The molecule has 3 aromatic rings. The Morgan fingerprint density at radius 1 is 0.923 bits per heavy atom. The van der Waals surface area contributed by atoms with Gasteiger partial charge in [-0.1, -0.05) is 48.0 Å². The van der Waals surface area contributed by atoms with E-state index in [2.05, 4.69) is 0 Å². The average molecular weight is 382 g/mol. The largest absolute Gasteiger partial charge is 0.457 e. The number of hydrogen-bond donors (Lipinski definition) is 0. The van der Waals surface area contributed by atoms with Crippen LogP contribution in [0.25, 0.3) is 0 Å². The maximum atomic E-state index is 12.4. The average Bonchev–Trinajstić information content (AvgIpc) is 3.05. The zero-order valence-electron chi connectivity index (χ0n) is 13.8. The van der Waals surface area contributed by atoms with E-state index in [0.29, 0.717) is 10.8 Å². The number of benzene rings is 3. The first kappa shape index (κ1) is 17.0. The molecule has 1 heterocycles. The van der Waals surface area contributed by atoms with Crippen LogP contribution in [0.5, 0.6) is 11.5 Å². The van der Waals surface area contributed by atoms with Gasteiger partial charge in [-0.15, -0.1) is 11.8 Å². The summed E-state index contributed by atoms with van der Waals surface area (Å²) in [6.07, 6.45) is 0. The van der Waals surface area contributed by atoms with E-state index in [4.69, 9.17) is 16.3 Å². The lowest BCUT2D eigenvalue weighted by Crippen LogP contribution is -2.27. The third kappa shape index (κ3) is 3.57. The molecule has 1 fully saturated rings. The molecular weight excluding hydrogens is 366 g/mol.